The SMILES string of the molecule is Cc1nc(-c2ccccc2)sc1C(=O)N(Cc1cc2cccc(F)c2[nH]c1=O)N1CCCCC1. The van der Waals surface area contributed by atoms with Crippen molar-refractivity contribution >= 4 is 28.1 Å². The van der Waals surface area contributed by atoms with Crippen molar-refractivity contribution in [1.82, 2.24) is 20.0 Å². The van der Waals surface area contributed by atoms with Gasteiger partial charge in [-0.1, -0.05) is 48.9 Å². The molecule has 174 valence electrons. The summed E-state index contributed by atoms with van der Waals surface area (Å²) in [6, 6.07) is 16.1. The Bertz CT molecular complexity index is 1390. The normalized spacial score (nSPS) is 14.4. The van der Waals surface area contributed by atoms with Crippen LogP contribution in [0.25, 0.3) is 21.5 Å². The van der Waals surface area contributed by atoms with Gasteiger partial charge in [-0.3, -0.25) is 14.6 Å². The van der Waals surface area contributed by atoms with Gasteiger partial charge in [0.05, 0.1) is 17.8 Å². The van der Waals surface area contributed by atoms with Crippen molar-refractivity contribution in [3.8, 4) is 10.6 Å². The summed E-state index contributed by atoms with van der Waals surface area (Å²) in [6.45, 7) is 3.44. The second kappa shape index (κ2) is 9.48. The largest absolute Gasteiger partial charge is 0.319 e. The lowest BCUT2D eigenvalue weighted by Gasteiger charge is -2.37. The van der Waals surface area contributed by atoms with Gasteiger partial charge < -0.3 is 4.98 Å². The predicted molar refractivity (Wildman–Crippen MR) is 132 cm³/mol. The number of nitrogens with zero attached hydrogens (tertiary/aromatic N) is 3. The maximum atomic E-state index is 14.1. The molecule has 0 bridgehead atoms. The molecule has 0 radical (unpaired) electrons. The van der Waals surface area contributed by atoms with Gasteiger partial charge in [0.2, 0.25) is 0 Å². The number of rotatable bonds is 5. The molecule has 0 spiro atoms. The summed E-state index contributed by atoms with van der Waals surface area (Å²) >= 11 is 1.37. The number of hydrazine groups is 1. The summed E-state index contributed by atoms with van der Waals surface area (Å²) in [5.41, 5.74) is 1.84. The molecule has 3 heterocycles. The second-order valence-electron chi connectivity index (χ2n) is 8.50. The Kier molecular flexibility index (Phi) is 6.26. The number of carbonyl (C=O) groups excluding carboxylic acids is 1. The fourth-order valence-electron chi connectivity index (χ4n) is 4.35. The van der Waals surface area contributed by atoms with Crippen LogP contribution in [0.5, 0.6) is 0 Å². The van der Waals surface area contributed by atoms with E-state index in [2.05, 4.69) is 9.97 Å². The van der Waals surface area contributed by atoms with Crippen molar-refractivity contribution in [3.05, 3.63) is 86.9 Å². The van der Waals surface area contributed by atoms with E-state index in [4.69, 9.17) is 0 Å². The van der Waals surface area contributed by atoms with E-state index >= 15 is 0 Å². The van der Waals surface area contributed by atoms with Gasteiger partial charge in [-0.15, -0.1) is 11.3 Å². The Morgan fingerprint density at radius 1 is 1.12 bits per heavy atom. The van der Waals surface area contributed by atoms with Crippen LogP contribution < -0.4 is 5.56 Å². The number of aryl methyl sites for hydroxylation is 1. The Balaban J connectivity index is 1.52. The molecule has 2 aromatic heterocycles. The Morgan fingerprint density at radius 2 is 1.88 bits per heavy atom. The molecule has 1 N–H and O–H groups in total. The number of hydrogen-bond acceptors (Lipinski definition) is 5. The Morgan fingerprint density at radius 3 is 2.65 bits per heavy atom. The number of fused-ring (bicyclic) bond motifs is 1. The number of amides is 1. The molecule has 0 saturated carbocycles. The number of H-pyrrole nitrogens is 1. The first-order valence-corrected chi connectivity index (χ1v) is 12.2. The van der Waals surface area contributed by atoms with Crippen molar-refractivity contribution in [2.24, 2.45) is 0 Å². The molecule has 1 saturated heterocycles. The fourth-order valence-corrected chi connectivity index (χ4v) is 5.37. The molecule has 1 amide bonds. The molecule has 5 rings (SSSR count). The number of halogens is 1. The number of thiazole rings is 1. The molecule has 2 aromatic carbocycles. The zero-order valence-corrected chi connectivity index (χ0v) is 19.7. The van der Waals surface area contributed by atoms with E-state index in [0.29, 0.717) is 21.5 Å². The van der Waals surface area contributed by atoms with Gasteiger partial charge in [0.15, 0.2) is 0 Å². The van der Waals surface area contributed by atoms with Crippen LogP contribution in [0.15, 0.2) is 59.4 Å². The molecule has 1 fully saturated rings. The third-order valence-electron chi connectivity index (χ3n) is 6.15. The maximum Gasteiger partial charge on any atom is 0.280 e. The molecule has 0 aliphatic carbocycles. The molecule has 8 heteroatoms. The average molecular weight is 477 g/mol. The van der Waals surface area contributed by atoms with Gasteiger partial charge in [0.1, 0.15) is 15.7 Å². The van der Waals surface area contributed by atoms with E-state index in [9.17, 15) is 14.0 Å². The topological polar surface area (TPSA) is 69.3 Å². The lowest BCUT2D eigenvalue weighted by atomic mass is 10.1. The van der Waals surface area contributed by atoms with Gasteiger partial charge >= 0.3 is 0 Å². The molecule has 1 aliphatic heterocycles. The lowest BCUT2D eigenvalue weighted by Crippen LogP contribution is -2.49. The zero-order chi connectivity index (χ0) is 23.7. The first-order chi connectivity index (χ1) is 16.5. The minimum absolute atomic E-state index is 0.110. The monoisotopic (exact) mass is 476 g/mol. The minimum Gasteiger partial charge on any atom is -0.319 e. The van der Waals surface area contributed by atoms with Crippen LogP contribution in [-0.4, -0.2) is 39.0 Å². The van der Waals surface area contributed by atoms with E-state index < -0.39 is 11.4 Å². The van der Waals surface area contributed by atoms with Crippen LogP contribution in [0.3, 0.4) is 0 Å². The number of benzene rings is 2. The van der Waals surface area contributed by atoms with Crippen LogP contribution in [-0.2, 0) is 6.54 Å². The number of aromatic amines is 1. The average Bonchev–Trinajstić information content (AvgIpc) is 3.25. The number of pyridine rings is 1. The number of carbonyl (C=O) groups is 1. The minimum atomic E-state index is -0.473. The third-order valence-corrected chi connectivity index (χ3v) is 7.34. The van der Waals surface area contributed by atoms with E-state index in [1.165, 1.54) is 17.4 Å². The Labute approximate surface area is 200 Å². The van der Waals surface area contributed by atoms with Gasteiger partial charge in [-0.2, -0.15) is 0 Å². The molecule has 6 nitrogen and oxygen atoms in total. The van der Waals surface area contributed by atoms with Gasteiger partial charge in [0, 0.05) is 29.6 Å². The van der Waals surface area contributed by atoms with Gasteiger partial charge in [0.25, 0.3) is 11.5 Å². The summed E-state index contributed by atoms with van der Waals surface area (Å²) in [4.78, 5) is 34.5. The highest BCUT2D eigenvalue weighted by Crippen LogP contribution is 2.30. The number of aromatic nitrogens is 2. The highest BCUT2D eigenvalue weighted by atomic mass is 32.1. The van der Waals surface area contributed by atoms with Gasteiger partial charge in [-0.25, -0.2) is 14.4 Å². The van der Waals surface area contributed by atoms with Crippen LogP contribution >= 0.6 is 11.3 Å². The molecule has 0 atom stereocenters. The quantitative estimate of drug-likeness (QED) is 0.433. The first-order valence-electron chi connectivity index (χ1n) is 11.4. The predicted octanol–water partition coefficient (Wildman–Crippen LogP) is 5.14. The van der Waals surface area contributed by atoms with Crippen molar-refractivity contribution in [2.45, 2.75) is 32.7 Å². The zero-order valence-electron chi connectivity index (χ0n) is 18.9. The van der Waals surface area contributed by atoms with E-state index in [1.54, 1.807) is 23.2 Å². The number of hydrogen-bond donors (Lipinski definition) is 1. The second-order valence-corrected chi connectivity index (χ2v) is 9.50. The highest BCUT2D eigenvalue weighted by molar-refractivity contribution is 7.17. The Hall–Kier alpha value is -3.36. The van der Waals surface area contributed by atoms with Crippen molar-refractivity contribution < 1.29 is 9.18 Å². The highest BCUT2D eigenvalue weighted by Gasteiger charge is 2.28. The summed E-state index contributed by atoms with van der Waals surface area (Å²) in [6.07, 6.45) is 3.09. The fraction of sp³-hybridized carbons (Fsp3) is 0.269. The summed E-state index contributed by atoms with van der Waals surface area (Å²) in [7, 11) is 0. The smallest absolute Gasteiger partial charge is 0.280 e. The maximum absolute atomic E-state index is 14.1. The van der Waals surface area contributed by atoms with Crippen LogP contribution in [0.2, 0.25) is 0 Å². The standard InChI is InChI=1S/C26H25FN4O2S/c1-17-23(34-25(28-17)18-9-4-2-5-10-18)26(33)31(30-13-6-3-7-14-30)16-20-15-19-11-8-12-21(27)22(19)29-24(20)32/h2,4-5,8-12,15H,3,6-7,13-14,16H2,1H3,(H,29,32). The molecule has 1 aliphatic rings. The van der Waals surface area contributed by atoms with E-state index in [1.807, 2.05) is 42.3 Å². The molecule has 4 aromatic rings. The lowest BCUT2D eigenvalue weighted by molar-refractivity contribution is -0.0266. The van der Waals surface area contributed by atoms with Gasteiger partial charge in [-0.05, 0) is 31.9 Å². The molecular formula is C26H25FN4O2S. The third kappa shape index (κ3) is 4.38. The van der Waals surface area contributed by atoms with Crippen molar-refractivity contribution in [1.29, 1.82) is 0 Å². The number of para-hydroxylation sites is 1. The first kappa shape index (κ1) is 22.4. The molecular weight excluding hydrogens is 451 g/mol. The van der Waals surface area contributed by atoms with Crippen LogP contribution in [0.4, 0.5) is 4.39 Å². The summed E-state index contributed by atoms with van der Waals surface area (Å²) < 4.78 is 14.1. The number of piperidine rings is 1. The summed E-state index contributed by atoms with van der Waals surface area (Å²) in [5.74, 6) is -0.642. The molecule has 34 heavy (non-hydrogen) atoms. The summed E-state index contributed by atoms with van der Waals surface area (Å²) in [5, 5.41) is 5.09. The molecule has 0 unspecified atom stereocenters. The van der Waals surface area contributed by atoms with Crippen molar-refractivity contribution in [2.75, 3.05) is 13.1 Å². The van der Waals surface area contributed by atoms with E-state index in [0.717, 1.165) is 42.9 Å². The van der Waals surface area contributed by atoms with E-state index in [-0.39, 0.29) is 18.0 Å². The van der Waals surface area contributed by atoms with Crippen LogP contribution in [0.1, 0.15) is 40.2 Å². The number of nitrogens with one attached hydrogen (secondary N) is 1. The van der Waals surface area contributed by atoms with Crippen molar-refractivity contribution in [3.63, 3.8) is 0 Å². The van der Waals surface area contributed by atoms with Crippen LogP contribution in [0, 0.1) is 12.7 Å².